The fourth-order valence-electron chi connectivity index (χ4n) is 3.03. The number of rotatable bonds is 7. The maximum Gasteiger partial charge on any atom is 0.407 e. The normalized spacial score (nSPS) is 10.7. The van der Waals surface area contributed by atoms with Gasteiger partial charge in [-0.2, -0.15) is 5.10 Å². The molecule has 10 heteroatoms. The number of anilines is 1. The van der Waals surface area contributed by atoms with Crippen LogP contribution in [0.2, 0.25) is 0 Å². The van der Waals surface area contributed by atoms with E-state index in [2.05, 4.69) is 20.7 Å². The van der Waals surface area contributed by atoms with Gasteiger partial charge in [-0.3, -0.25) is 9.59 Å². The van der Waals surface area contributed by atoms with Gasteiger partial charge in [0.05, 0.1) is 28.9 Å². The Balaban J connectivity index is 1.54. The smallest absolute Gasteiger partial charge is 0.407 e. The highest BCUT2D eigenvalue weighted by molar-refractivity contribution is 7.12. The van der Waals surface area contributed by atoms with Crippen LogP contribution in [0.5, 0.6) is 0 Å². The number of aromatic nitrogens is 3. The molecule has 3 aromatic heterocycles. The average Bonchev–Trinajstić information content (AvgIpc) is 3.47. The molecule has 0 aliphatic heterocycles. The Morgan fingerprint density at radius 1 is 1.16 bits per heavy atom. The van der Waals surface area contributed by atoms with Gasteiger partial charge in [0.2, 0.25) is 11.7 Å². The zero-order chi connectivity index (χ0) is 22.5. The predicted octanol–water partition coefficient (Wildman–Crippen LogP) is 3.37. The van der Waals surface area contributed by atoms with Crippen LogP contribution in [-0.4, -0.2) is 45.5 Å². The van der Waals surface area contributed by atoms with Crippen molar-refractivity contribution in [1.29, 1.82) is 0 Å². The minimum Gasteiger partial charge on any atom is -0.450 e. The molecule has 0 atom stereocenters. The van der Waals surface area contributed by atoms with E-state index < -0.39 is 12.0 Å². The van der Waals surface area contributed by atoms with E-state index in [0.29, 0.717) is 27.5 Å². The van der Waals surface area contributed by atoms with E-state index in [-0.39, 0.29) is 18.9 Å². The number of carbonyl (C=O) groups is 3. The summed E-state index contributed by atoms with van der Waals surface area (Å²) in [5.74, 6) is -0.520. The monoisotopic (exact) mass is 449 g/mol. The van der Waals surface area contributed by atoms with E-state index >= 15 is 0 Å². The number of alkyl carbamates (subject to hydrolysis) is 1. The number of fused-ring (bicyclic) bond motifs is 1. The molecule has 9 nitrogen and oxygen atoms in total. The summed E-state index contributed by atoms with van der Waals surface area (Å²) in [6.07, 6.45) is 2.60. The highest BCUT2D eigenvalue weighted by atomic mass is 32.1. The maximum absolute atomic E-state index is 12.8. The van der Waals surface area contributed by atoms with Gasteiger partial charge in [0.1, 0.15) is 6.54 Å². The molecule has 1 aromatic carbocycles. The maximum atomic E-state index is 12.8. The zero-order valence-electron chi connectivity index (χ0n) is 17.1. The van der Waals surface area contributed by atoms with E-state index in [4.69, 9.17) is 4.74 Å². The first kappa shape index (κ1) is 21.2. The van der Waals surface area contributed by atoms with E-state index in [1.165, 1.54) is 17.5 Å². The Morgan fingerprint density at radius 3 is 2.81 bits per heavy atom. The minimum atomic E-state index is -0.650. The molecule has 32 heavy (non-hydrogen) atoms. The number of ether oxygens (including phenoxy) is 1. The first-order valence-corrected chi connectivity index (χ1v) is 10.7. The predicted molar refractivity (Wildman–Crippen MR) is 120 cm³/mol. The summed E-state index contributed by atoms with van der Waals surface area (Å²) in [7, 11) is 0. The Labute approximate surface area is 187 Å². The van der Waals surface area contributed by atoms with Crippen molar-refractivity contribution in [2.45, 2.75) is 6.92 Å². The van der Waals surface area contributed by atoms with Crippen LogP contribution >= 0.6 is 11.3 Å². The van der Waals surface area contributed by atoms with E-state index in [0.717, 1.165) is 5.56 Å². The van der Waals surface area contributed by atoms with E-state index in [1.54, 1.807) is 48.0 Å². The lowest BCUT2D eigenvalue weighted by Crippen LogP contribution is -2.33. The summed E-state index contributed by atoms with van der Waals surface area (Å²) >= 11 is 1.37. The van der Waals surface area contributed by atoms with Crippen molar-refractivity contribution in [2.24, 2.45) is 0 Å². The van der Waals surface area contributed by atoms with Gasteiger partial charge in [-0.25, -0.2) is 14.3 Å². The van der Waals surface area contributed by atoms with E-state index in [9.17, 15) is 14.4 Å². The average molecular weight is 449 g/mol. The van der Waals surface area contributed by atoms with E-state index in [1.807, 2.05) is 17.5 Å². The third-order valence-corrected chi connectivity index (χ3v) is 5.34. The number of hydrogen-bond acceptors (Lipinski definition) is 7. The SMILES string of the molecule is CCOC(=O)NCC(=O)Nc1cccc(-c2ccn3ncc(C(=O)c4cccs4)c3n2)c1. The number of benzene rings is 1. The topological polar surface area (TPSA) is 115 Å². The molecule has 0 bridgehead atoms. The molecular formula is C22H19N5O4S. The van der Waals surface area contributed by atoms with Crippen molar-refractivity contribution in [1.82, 2.24) is 19.9 Å². The van der Waals surface area contributed by atoms with Crippen molar-refractivity contribution < 1.29 is 19.1 Å². The number of nitrogens with zero attached hydrogens (tertiary/aromatic N) is 3. The Kier molecular flexibility index (Phi) is 6.22. The first-order chi connectivity index (χ1) is 15.5. The van der Waals surface area contributed by atoms with Crippen LogP contribution < -0.4 is 10.6 Å². The quantitative estimate of drug-likeness (QED) is 0.418. The Bertz CT molecular complexity index is 1280. The molecule has 0 radical (unpaired) electrons. The van der Waals surface area contributed by atoms with Crippen molar-refractivity contribution in [3.63, 3.8) is 0 Å². The summed E-state index contributed by atoms with van der Waals surface area (Å²) < 4.78 is 6.28. The number of carbonyl (C=O) groups excluding carboxylic acids is 3. The molecule has 162 valence electrons. The highest BCUT2D eigenvalue weighted by Crippen LogP contribution is 2.24. The second kappa shape index (κ2) is 9.40. The van der Waals surface area contributed by atoms with Crippen molar-refractivity contribution in [3.05, 3.63) is 70.7 Å². The van der Waals surface area contributed by atoms with Gasteiger partial charge in [-0.1, -0.05) is 18.2 Å². The van der Waals surface area contributed by atoms with Gasteiger partial charge in [0, 0.05) is 17.4 Å². The van der Waals surface area contributed by atoms with Crippen molar-refractivity contribution in [2.75, 3.05) is 18.5 Å². The molecule has 0 unspecified atom stereocenters. The number of thiophene rings is 1. The molecule has 0 aliphatic carbocycles. The fraction of sp³-hybridized carbons (Fsp3) is 0.136. The van der Waals surface area contributed by atoms with Crippen LogP contribution in [0.25, 0.3) is 16.9 Å². The third kappa shape index (κ3) is 4.65. The second-order valence-corrected chi connectivity index (χ2v) is 7.60. The standard InChI is InChI=1S/C22H19N5O4S/c1-2-31-22(30)23-13-19(28)25-15-6-3-5-14(11-15)17-8-9-27-21(26-17)16(12-24-27)20(29)18-7-4-10-32-18/h3-12H,2,13H2,1H3,(H,23,30)(H,25,28). The summed E-state index contributed by atoms with van der Waals surface area (Å²) in [4.78, 5) is 41.5. The zero-order valence-corrected chi connectivity index (χ0v) is 17.9. The second-order valence-electron chi connectivity index (χ2n) is 6.65. The summed E-state index contributed by atoms with van der Waals surface area (Å²) in [6, 6.07) is 12.5. The van der Waals surface area contributed by atoms with Gasteiger partial charge in [-0.05, 0) is 36.6 Å². The molecule has 4 rings (SSSR count). The molecule has 3 heterocycles. The van der Waals surface area contributed by atoms with Gasteiger partial charge in [0.25, 0.3) is 0 Å². The largest absolute Gasteiger partial charge is 0.450 e. The molecule has 0 aliphatic rings. The number of nitrogens with one attached hydrogen (secondary N) is 2. The van der Waals surface area contributed by atoms with Gasteiger partial charge in [0.15, 0.2) is 5.65 Å². The molecular weight excluding hydrogens is 430 g/mol. The fourth-order valence-corrected chi connectivity index (χ4v) is 3.70. The van der Waals surface area contributed by atoms with Gasteiger partial charge >= 0.3 is 6.09 Å². The Morgan fingerprint density at radius 2 is 2.03 bits per heavy atom. The molecule has 0 saturated heterocycles. The lowest BCUT2D eigenvalue weighted by atomic mass is 10.1. The minimum absolute atomic E-state index is 0.130. The number of hydrogen-bond donors (Lipinski definition) is 2. The van der Waals surface area contributed by atoms with Gasteiger partial charge < -0.3 is 15.4 Å². The molecule has 0 saturated carbocycles. The van der Waals surface area contributed by atoms with Crippen molar-refractivity contribution in [3.8, 4) is 11.3 Å². The lowest BCUT2D eigenvalue weighted by molar-refractivity contribution is -0.115. The summed E-state index contributed by atoms with van der Waals surface area (Å²) in [5, 5.41) is 11.2. The van der Waals surface area contributed by atoms with Crippen LogP contribution in [0.15, 0.2) is 60.2 Å². The molecule has 2 N–H and O–H groups in total. The molecule has 0 spiro atoms. The molecule has 0 fully saturated rings. The van der Waals surface area contributed by atoms with Crippen LogP contribution in [-0.2, 0) is 9.53 Å². The van der Waals surface area contributed by atoms with Crippen LogP contribution in [0.4, 0.5) is 10.5 Å². The highest BCUT2D eigenvalue weighted by Gasteiger charge is 2.17. The number of amides is 2. The Hall–Kier alpha value is -4.05. The first-order valence-electron chi connectivity index (χ1n) is 9.78. The number of ketones is 1. The third-order valence-electron chi connectivity index (χ3n) is 4.47. The lowest BCUT2D eigenvalue weighted by Gasteiger charge is -2.09. The van der Waals surface area contributed by atoms with Crippen LogP contribution in [0.1, 0.15) is 22.2 Å². The summed E-state index contributed by atoms with van der Waals surface area (Å²) in [5.41, 5.74) is 2.79. The van der Waals surface area contributed by atoms with Crippen LogP contribution in [0.3, 0.4) is 0 Å². The van der Waals surface area contributed by atoms with Gasteiger partial charge in [-0.15, -0.1) is 11.3 Å². The molecule has 4 aromatic rings. The van der Waals surface area contributed by atoms with Crippen LogP contribution in [0, 0.1) is 0 Å². The van der Waals surface area contributed by atoms with Crippen molar-refractivity contribution >= 4 is 40.5 Å². The summed E-state index contributed by atoms with van der Waals surface area (Å²) in [6.45, 7) is 1.70. The molecule has 2 amide bonds.